The van der Waals surface area contributed by atoms with Crippen LogP contribution in [-0.4, -0.2) is 13.1 Å². The molecule has 0 aliphatic heterocycles. The van der Waals surface area contributed by atoms with E-state index in [4.69, 9.17) is 0 Å². The molecule has 0 aromatic heterocycles. The van der Waals surface area contributed by atoms with Crippen LogP contribution in [-0.2, 0) is 16.0 Å². The molecule has 0 heterocycles. The molecule has 0 amide bonds. The maximum absolute atomic E-state index is 11.0. The maximum atomic E-state index is 11.0. The van der Waals surface area contributed by atoms with Crippen molar-refractivity contribution in [1.82, 2.24) is 0 Å². The first-order chi connectivity index (χ1) is 7.31. The second-order valence-corrected chi connectivity index (χ2v) is 3.38. The number of carbonyl (C=O) groups is 1. The lowest BCUT2D eigenvalue weighted by Gasteiger charge is -2.02. The monoisotopic (exact) mass is 200 g/mol. The summed E-state index contributed by atoms with van der Waals surface area (Å²) in [6.07, 6.45) is 8.42. The highest BCUT2D eigenvalue weighted by Crippen LogP contribution is 2.23. The largest absolute Gasteiger partial charge is 0.466 e. The maximum Gasteiger partial charge on any atom is 0.330 e. The molecule has 0 atom stereocenters. The van der Waals surface area contributed by atoms with Crippen LogP contribution in [0.15, 0.2) is 30.4 Å². The Hall–Kier alpha value is -1.83. The predicted octanol–water partition coefficient (Wildman–Crippen LogP) is 2.44. The van der Waals surface area contributed by atoms with E-state index in [0.717, 1.165) is 12.0 Å². The zero-order valence-corrected chi connectivity index (χ0v) is 8.57. The summed E-state index contributed by atoms with van der Waals surface area (Å²) in [5.74, 6) is -0.321. The van der Waals surface area contributed by atoms with Gasteiger partial charge < -0.3 is 4.74 Å². The van der Waals surface area contributed by atoms with E-state index in [1.807, 2.05) is 12.1 Å². The molecular formula is C13H12O2. The Morgan fingerprint density at radius 1 is 1.47 bits per heavy atom. The van der Waals surface area contributed by atoms with Gasteiger partial charge in [-0.15, -0.1) is 0 Å². The summed E-state index contributed by atoms with van der Waals surface area (Å²) >= 11 is 0. The van der Waals surface area contributed by atoms with E-state index in [2.05, 4.69) is 23.0 Å². The molecule has 1 aromatic carbocycles. The molecule has 2 heteroatoms. The van der Waals surface area contributed by atoms with Crippen LogP contribution in [0.5, 0.6) is 0 Å². The quantitative estimate of drug-likeness (QED) is 0.541. The highest BCUT2D eigenvalue weighted by molar-refractivity contribution is 5.87. The number of fused-ring (bicyclic) bond motifs is 1. The van der Waals surface area contributed by atoms with Gasteiger partial charge in [0.05, 0.1) is 7.11 Å². The summed E-state index contributed by atoms with van der Waals surface area (Å²) in [5, 5.41) is 0. The fourth-order valence-electron chi connectivity index (χ4n) is 1.70. The molecule has 0 fully saturated rings. The molecule has 2 nitrogen and oxygen atoms in total. The third kappa shape index (κ3) is 1.99. The lowest BCUT2D eigenvalue weighted by atomic mass is 10.0. The van der Waals surface area contributed by atoms with Crippen LogP contribution in [0.3, 0.4) is 0 Å². The van der Waals surface area contributed by atoms with E-state index in [9.17, 15) is 4.79 Å². The highest BCUT2D eigenvalue weighted by Gasteiger charge is 2.07. The molecule has 2 rings (SSSR count). The number of benzene rings is 1. The van der Waals surface area contributed by atoms with Gasteiger partial charge in [-0.05, 0) is 29.2 Å². The molecule has 0 N–H and O–H groups in total. The van der Waals surface area contributed by atoms with Crippen molar-refractivity contribution in [2.75, 3.05) is 7.11 Å². The van der Waals surface area contributed by atoms with Gasteiger partial charge in [0.1, 0.15) is 0 Å². The van der Waals surface area contributed by atoms with Gasteiger partial charge in [-0.25, -0.2) is 4.79 Å². The van der Waals surface area contributed by atoms with Gasteiger partial charge in [0.25, 0.3) is 0 Å². The Labute approximate surface area is 88.9 Å². The van der Waals surface area contributed by atoms with Crippen LogP contribution in [0.25, 0.3) is 12.2 Å². The van der Waals surface area contributed by atoms with Crippen LogP contribution >= 0.6 is 0 Å². The minimum absolute atomic E-state index is 0.321. The molecule has 0 saturated carbocycles. The minimum Gasteiger partial charge on any atom is -0.466 e. The molecule has 1 aliphatic carbocycles. The second-order valence-electron chi connectivity index (χ2n) is 3.38. The standard InChI is InChI=1S/C13H12O2/c1-15-13(14)9-8-11-5-2-4-10-6-3-7-12(10)11/h2-6,8-9H,7H2,1H3. The van der Waals surface area contributed by atoms with E-state index in [1.54, 1.807) is 6.08 Å². The van der Waals surface area contributed by atoms with Crippen LogP contribution in [0.1, 0.15) is 16.7 Å². The van der Waals surface area contributed by atoms with Crippen molar-refractivity contribution in [3.05, 3.63) is 47.0 Å². The van der Waals surface area contributed by atoms with Gasteiger partial charge >= 0.3 is 5.97 Å². The summed E-state index contributed by atoms with van der Waals surface area (Å²) in [6, 6.07) is 6.07. The number of carbonyl (C=O) groups excluding carboxylic acids is 1. The van der Waals surface area contributed by atoms with E-state index in [-0.39, 0.29) is 5.97 Å². The molecule has 0 unspecified atom stereocenters. The average molecular weight is 200 g/mol. The van der Waals surface area contributed by atoms with Crippen molar-refractivity contribution < 1.29 is 9.53 Å². The number of allylic oxidation sites excluding steroid dienone is 1. The van der Waals surface area contributed by atoms with Crippen LogP contribution in [0.4, 0.5) is 0 Å². The molecule has 0 bridgehead atoms. The van der Waals surface area contributed by atoms with Crippen molar-refractivity contribution in [2.45, 2.75) is 6.42 Å². The average Bonchev–Trinajstić information content (AvgIpc) is 2.74. The number of esters is 1. The summed E-state index contributed by atoms with van der Waals surface area (Å²) in [6.45, 7) is 0. The normalized spacial score (nSPS) is 13.1. The predicted molar refractivity (Wildman–Crippen MR) is 60.2 cm³/mol. The number of methoxy groups -OCH3 is 1. The van der Waals surface area contributed by atoms with Crippen molar-refractivity contribution in [3.63, 3.8) is 0 Å². The first kappa shape index (κ1) is 9.71. The third-order valence-corrected chi connectivity index (χ3v) is 2.47. The van der Waals surface area contributed by atoms with Crippen molar-refractivity contribution >= 4 is 18.1 Å². The van der Waals surface area contributed by atoms with Crippen LogP contribution in [0, 0.1) is 0 Å². The number of hydrogen-bond acceptors (Lipinski definition) is 2. The zero-order chi connectivity index (χ0) is 10.7. The number of hydrogen-bond donors (Lipinski definition) is 0. The van der Waals surface area contributed by atoms with Crippen molar-refractivity contribution in [2.24, 2.45) is 0 Å². The summed E-state index contributed by atoms with van der Waals surface area (Å²) < 4.78 is 4.55. The van der Waals surface area contributed by atoms with E-state index < -0.39 is 0 Å². The number of ether oxygens (including phenoxy) is 1. The molecule has 0 radical (unpaired) electrons. The third-order valence-electron chi connectivity index (χ3n) is 2.47. The Kier molecular flexibility index (Phi) is 2.68. The molecular weight excluding hydrogens is 188 g/mol. The van der Waals surface area contributed by atoms with E-state index in [1.165, 1.54) is 24.3 Å². The first-order valence-corrected chi connectivity index (χ1v) is 4.86. The molecule has 1 aromatic rings. The van der Waals surface area contributed by atoms with E-state index in [0.29, 0.717) is 0 Å². The smallest absolute Gasteiger partial charge is 0.330 e. The Morgan fingerprint density at radius 2 is 2.33 bits per heavy atom. The Bertz CT molecular complexity index is 442. The van der Waals surface area contributed by atoms with Gasteiger partial charge in [-0.2, -0.15) is 0 Å². The van der Waals surface area contributed by atoms with E-state index >= 15 is 0 Å². The van der Waals surface area contributed by atoms with Crippen molar-refractivity contribution in [1.29, 1.82) is 0 Å². The lowest BCUT2D eigenvalue weighted by molar-refractivity contribution is -0.134. The summed E-state index contributed by atoms with van der Waals surface area (Å²) in [7, 11) is 1.38. The summed E-state index contributed by atoms with van der Waals surface area (Å²) in [4.78, 5) is 11.0. The molecule has 0 saturated heterocycles. The zero-order valence-electron chi connectivity index (χ0n) is 8.57. The molecule has 0 spiro atoms. The van der Waals surface area contributed by atoms with Gasteiger partial charge in [0.15, 0.2) is 0 Å². The SMILES string of the molecule is COC(=O)C=Cc1cccc2c1CC=C2. The summed E-state index contributed by atoms with van der Waals surface area (Å²) in [5.41, 5.74) is 3.60. The van der Waals surface area contributed by atoms with Gasteiger partial charge in [0.2, 0.25) is 0 Å². The van der Waals surface area contributed by atoms with Gasteiger partial charge in [-0.1, -0.05) is 30.4 Å². The first-order valence-electron chi connectivity index (χ1n) is 4.86. The molecule has 15 heavy (non-hydrogen) atoms. The second kappa shape index (κ2) is 4.13. The molecule has 76 valence electrons. The lowest BCUT2D eigenvalue weighted by Crippen LogP contribution is -1.94. The Morgan fingerprint density at radius 3 is 3.13 bits per heavy atom. The van der Waals surface area contributed by atoms with Gasteiger partial charge in [0, 0.05) is 6.08 Å². The van der Waals surface area contributed by atoms with Crippen LogP contribution in [0.2, 0.25) is 0 Å². The number of rotatable bonds is 2. The van der Waals surface area contributed by atoms with Crippen LogP contribution < -0.4 is 0 Å². The highest BCUT2D eigenvalue weighted by atomic mass is 16.5. The van der Waals surface area contributed by atoms with Crippen molar-refractivity contribution in [3.8, 4) is 0 Å². The fraction of sp³-hybridized carbons (Fsp3) is 0.154. The van der Waals surface area contributed by atoms with Gasteiger partial charge in [-0.3, -0.25) is 0 Å². The topological polar surface area (TPSA) is 26.3 Å². The minimum atomic E-state index is -0.321. The molecule has 1 aliphatic rings. The Balaban J connectivity index is 2.27. The fourth-order valence-corrected chi connectivity index (χ4v) is 1.70.